The van der Waals surface area contributed by atoms with Crippen molar-refractivity contribution in [2.75, 3.05) is 6.61 Å². The van der Waals surface area contributed by atoms with Crippen LogP contribution in [0.15, 0.2) is 78.9 Å². The number of nitrogens with two attached hydrogens (primary N) is 1. The molecule has 0 radical (unpaired) electrons. The maximum absolute atomic E-state index is 13.8. The lowest BCUT2D eigenvalue weighted by atomic mass is 10.00. The van der Waals surface area contributed by atoms with Crippen molar-refractivity contribution in [3.63, 3.8) is 0 Å². The summed E-state index contributed by atoms with van der Waals surface area (Å²) in [6.45, 7) is 0.117. The molecule has 0 saturated carbocycles. The van der Waals surface area contributed by atoms with E-state index in [0.29, 0.717) is 23.5 Å². The Hall–Kier alpha value is -3.22. The largest absolute Gasteiger partial charge is 0.489 e. The Morgan fingerprint density at radius 1 is 1.00 bits per heavy atom. The van der Waals surface area contributed by atoms with Crippen molar-refractivity contribution < 1.29 is 23.8 Å². The lowest BCUT2D eigenvalue weighted by Crippen LogP contribution is -2.35. The first-order valence-corrected chi connectivity index (χ1v) is 9.15. The third-order valence-electron chi connectivity index (χ3n) is 4.35. The number of para-hydroxylation sites is 1. The molecule has 0 bridgehead atoms. The SMILES string of the molecule is N[C@H](COC(c1cccc(F)c1)c1ccccc1OCc1ccccc1)C(=O)O. The molecule has 2 atom stereocenters. The van der Waals surface area contributed by atoms with Gasteiger partial charge >= 0.3 is 5.97 Å². The summed E-state index contributed by atoms with van der Waals surface area (Å²) in [6, 6.07) is 21.7. The van der Waals surface area contributed by atoms with E-state index in [0.717, 1.165) is 5.56 Å². The van der Waals surface area contributed by atoms with Gasteiger partial charge in [0.1, 0.15) is 30.3 Å². The quantitative estimate of drug-likeness (QED) is 0.574. The van der Waals surface area contributed by atoms with E-state index < -0.39 is 23.9 Å². The summed E-state index contributed by atoms with van der Waals surface area (Å²) in [5.41, 5.74) is 7.79. The van der Waals surface area contributed by atoms with Gasteiger partial charge in [-0.15, -0.1) is 0 Å². The van der Waals surface area contributed by atoms with Gasteiger partial charge in [0, 0.05) is 5.56 Å². The van der Waals surface area contributed by atoms with Crippen molar-refractivity contribution >= 4 is 5.97 Å². The van der Waals surface area contributed by atoms with Crippen LogP contribution in [0.1, 0.15) is 22.8 Å². The van der Waals surface area contributed by atoms with Crippen LogP contribution in [0.25, 0.3) is 0 Å². The Balaban J connectivity index is 1.89. The minimum absolute atomic E-state index is 0.233. The minimum atomic E-state index is -1.19. The van der Waals surface area contributed by atoms with Crippen LogP contribution in [0.4, 0.5) is 4.39 Å². The number of ether oxygens (including phenoxy) is 2. The molecule has 3 N–H and O–H groups in total. The van der Waals surface area contributed by atoms with E-state index in [2.05, 4.69) is 0 Å². The predicted octanol–water partition coefficient (Wildman–Crippen LogP) is 3.92. The number of carbonyl (C=O) groups is 1. The molecule has 0 heterocycles. The molecule has 0 fully saturated rings. The van der Waals surface area contributed by atoms with Gasteiger partial charge in [-0.1, -0.05) is 60.7 Å². The van der Waals surface area contributed by atoms with Crippen LogP contribution < -0.4 is 10.5 Å². The third kappa shape index (κ3) is 5.63. The second-order valence-electron chi connectivity index (χ2n) is 6.53. The van der Waals surface area contributed by atoms with Crippen molar-refractivity contribution in [1.29, 1.82) is 0 Å². The summed E-state index contributed by atoms with van der Waals surface area (Å²) in [5, 5.41) is 9.06. The summed E-state index contributed by atoms with van der Waals surface area (Å²) in [7, 11) is 0. The first-order chi connectivity index (χ1) is 14.0. The van der Waals surface area contributed by atoms with E-state index in [1.54, 1.807) is 18.2 Å². The molecule has 150 valence electrons. The van der Waals surface area contributed by atoms with E-state index in [1.165, 1.54) is 12.1 Å². The Kier molecular flexibility index (Phi) is 6.94. The molecule has 0 aliphatic heterocycles. The fraction of sp³-hybridized carbons (Fsp3) is 0.174. The topological polar surface area (TPSA) is 81.8 Å². The van der Waals surface area contributed by atoms with Gasteiger partial charge in [-0.2, -0.15) is 0 Å². The maximum atomic E-state index is 13.8. The molecular formula is C23H22FNO4. The van der Waals surface area contributed by atoms with Crippen LogP contribution in [-0.4, -0.2) is 23.7 Å². The van der Waals surface area contributed by atoms with Gasteiger partial charge in [0.25, 0.3) is 0 Å². The summed E-state index contributed by atoms with van der Waals surface area (Å²) in [4.78, 5) is 11.1. The number of carboxylic acid groups (broad SMARTS) is 1. The summed E-state index contributed by atoms with van der Waals surface area (Å²) in [5.74, 6) is -1.02. The van der Waals surface area contributed by atoms with Gasteiger partial charge in [-0.25, -0.2) is 4.39 Å². The second kappa shape index (κ2) is 9.82. The Morgan fingerprint density at radius 3 is 2.45 bits per heavy atom. The molecule has 0 aliphatic carbocycles. The number of benzene rings is 3. The molecule has 0 spiro atoms. The number of hydrogen-bond acceptors (Lipinski definition) is 4. The molecule has 6 heteroatoms. The molecule has 0 aromatic heterocycles. The van der Waals surface area contributed by atoms with Crippen molar-refractivity contribution in [2.24, 2.45) is 5.73 Å². The zero-order valence-electron chi connectivity index (χ0n) is 15.7. The van der Waals surface area contributed by atoms with E-state index in [1.807, 2.05) is 48.5 Å². The monoisotopic (exact) mass is 395 g/mol. The zero-order valence-corrected chi connectivity index (χ0v) is 15.7. The van der Waals surface area contributed by atoms with Gasteiger partial charge in [-0.05, 0) is 29.3 Å². The van der Waals surface area contributed by atoms with E-state index in [4.69, 9.17) is 20.3 Å². The number of aliphatic carboxylic acids is 1. The van der Waals surface area contributed by atoms with Crippen molar-refractivity contribution in [1.82, 2.24) is 0 Å². The highest BCUT2D eigenvalue weighted by Crippen LogP contribution is 2.33. The lowest BCUT2D eigenvalue weighted by molar-refractivity contribution is -0.140. The van der Waals surface area contributed by atoms with Gasteiger partial charge in [0.15, 0.2) is 0 Å². The number of carboxylic acids is 1. The molecule has 0 saturated heterocycles. The fourth-order valence-corrected chi connectivity index (χ4v) is 2.87. The number of hydrogen-bond donors (Lipinski definition) is 2. The third-order valence-corrected chi connectivity index (χ3v) is 4.35. The van der Waals surface area contributed by atoms with E-state index in [9.17, 15) is 9.18 Å². The average Bonchev–Trinajstić information content (AvgIpc) is 2.73. The molecule has 29 heavy (non-hydrogen) atoms. The summed E-state index contributed by atoms with van der Waals surface area (Å²) < 4.78 is 25.7. The summed E-state index contributed by atoms with van der Waals surface area (Å²) in [6.07, 6.45) is -0.733. The van der Waals surface area contributed by atoms with Crippen molar-refractivity contribution in [3.05, 3.63) is 101 Å². The smallest absolute Gasteiger partial charge is 0.322 e. The van der Waals surface area contributed by atoms with Crippen LogP contribution in [0.5, 0.6) is 5.75 Å². The molecule has 0 amide bonds. The normalized spacial score (nSPS) is 12.9. The van der Waals surface area contributed by atoms with Crippen LogP contribution in [0, 0.1) is 5.82 Å². The second-order valence-corrected chi connectivity index (χ2v) is 6.53. The Morgan fingerprint density at radius 2 is 1.72 bits per heavy atom. The first-order valence-electron chi connectivity index (χ1n) is 9.15. The molecule has 3 aromatic rings. The van der Waals surface area contributed by atoms with Crippen molar-refractivity contribution in [2.45, 2.75) is 18.8 Å². The lowest BCUT2D eigenvalue weighted by Gasteiger charge is -2.23. The number of halogens is 1. The van der Waals surface area contributed by atoms with Crippen LogP contribution in [0.2, 0.25) is 0 Å². The molecule has 3 rings (SSSR count). The van der Waals surface area contributed by atoms with Crippen LogP contribution in [0.3, 0.4) is 0 Å². The molecule has 0 aliphatic rings. The average molecular weight is 395 g/mol. The van der Waals surface area contributed by atoms with E-state index >= 15 is 0 Å². The van der Waals surface area contributed by atoms with Gasteiger partial charge in [0.2, 0.25) is 0 Å². The van der Waals surface area contributed by atoms with Crippen LogP contribution >= 0.6 is 0 Å². The first kappa shape index (κ1) is 20.5. The highest BCUT2D eigenvalue weighted by atomic mass is 19.1. The molecular weight excluding hydrogens is 373 g/mol. The Labute approximate surface area is 168 Å². The van der Waals surface area contributed by atoms with Gasteiger partial charge in [0.05, 0.1) is 6.61 Å². The standard InChI is InChI=1S/C23H22FNO4/c24-18-10-6-9-17(13-18)22(29-15-20(25)23(26)27)19-11-4-5-12-21(19)28-14-16-7-2-1-3-8-16/h1-13,20,22H,14-15,25H2,(H,26,27)/t20-,22?/m1/s1. The molecule has 1 unspecified atom stereocenters. The Bertz CT molecular complexity index is 948. The number of rotatable bonds is 9. The zero-order chi connectivity index (χ0) is 20.6. The summed E-state index contributed by atoms with van der Waals surface area (Å²) >= 11 is 0. The van der Waals surface area contributed by atoms with Crippen molar-refractivity contribution in [3.8, 4) is 5.75 Å². The molecule has 5 nitrogen and oxygen atoms in total. The van der Waals surface area contributed by atoms with Crippen LogP contribution in [-0.2, 0) is 16.1 Å². The highest BCUT2D eigenvalue weighted by Gasteiger charge is 2.22. The van der Waals surface area contributed by atoms with Gasteiger partial charge in [-0.3, -0.25) is 4.79 Å². The fourth-order valence-electron chi connectivity index (χ4n) is 2.87. The molecule has 3 aromatic carbocycles. The predicted molar refractivity (Wildman–Crippen MR) is 107 cm³/mol. The minimum Gasteiger partial charge on any atom is -0.489 e. The maximum Gasteiger partial charge on any atom is 0.322 e. The van der Waals surface area contributed by atoms with Gasteiger partial charge < -0.3 is 20.3 Å². The highest BCUT2D eigenvalue weighted by molar-refractivity contribution is 5.73. The van der Waals surface area contributed by atoms with E-state index in [-0.39, 0.29) is 6.61 Å².